The molecule has 0 radical (unpaired) electrons. The Morgan fingerprint density at radius 1 is 1.37 bits per heavy atom. The van der Waals surface area contributed by atoms with Gasteiger partial charge in [0.25, 0.3) is 5.91 Å². The highest BCUT2D eigenvalue weighted by Gasteiger charge is 2.13. The largest absolute Gasteiger partial charge is 0.323 e. The summed E-state index contributed by atoms with van der Waals surface area (Å²) in [6.07, 6.45) is 2.99. The van der Waals surface area contributed by atoms with E-state index in [9.17, 15) is 4.79 Å². The number of aryl methyl sites for hydroxylation is 1. The molecule has 0 aliphatic carbocycles. The summed E-state index contributed by atoms with van der Waals surface area (Å²) < 4.78 is 0. The number of nitrogens with one attached hydrogen (secondary N) is 2. The number of carbonyl (C=O) groups excluding carboxylic acids is 1. The summed E-state index contributed by atoms with van der Waals surface area (Å²) in [7, 11) is 0. The number of benzene rings is 1. The summed E-state index contributed by atoms with van der Waals surface area (Å²) in [6, 6.07) is 7.03. The number of amides is 1. The summed E-state index contributed by atoms with van der Waals surface area (Å²) in [4.78, 5) is 16.1. The molecule has 2 aromatic rings. The zero-order chi connectivity index (χ0) is 13.8. The number of pyridine rings is 1. The molecular formula is C13H13ClN4O. The van der Waals surface area contributed by atoms with E-state index < -0.39 is 0 Å². The van der Waals surface area contributed by atoms with Crippen LogP contribution in [0.3, 0.4) is 0 Å². The van der Waals surface area contributed by atoms with Crippen molar-refractivity contribution in [2.75, 3.05) is 10.7 Å². The fraction of sp³-hybridized carbons (Fsp3) is 0.0769. The number of para-hydroxylation sites is 1. The van der Waals surface area contributed by atoms with Crippen molar-refractivity contribution in [3.05, 3.63) is 52.8 Å². The molecule has 0 aliphatic rings. The Hall–Kier alpha value is -2.11. The summed E-state index contributed by atoms with van der Waals surface area (Å²) in [6.45, 7) is 1.87. The van der Waals surface area contributed by atoms with Crippen LogP contribution < -0.4 is 16.6 Å². The molecular weight excluding hydrogens is 264 g/mol. The third kappa shape index (κ3) is 2.83. The van der Waals surface area contributed by atoms with Gasteiger partial charge in [-0.05, 0) is 24.6 Å². The van der Waals surface area contributed by atoms with E-state index in [-0.39, 0.29) is 5.91 Å². The quantitative estimate of drug-likeness (QED) is 0.595. The van der Waals surface area contributed by atoms with Gasteiger partial charge in [0.1, 0.15) is 0 Å². The third-order valence-electron chi connectivity index (χ3n) is 2.68. The first-order valence-corrected chi connectivity index (χ1v) is 5.98. The van der Waals surface area contributed by atoms with Crippen LogP contribution >= 0.6 is 11.6 Å². The minimum Gasteiger partial charge on any atom is -0.323 e. The zero-order valence-electron chi connectivity index (χ0n) is 10.3. The molecule has 5 nitrogen and oxygen atoms in total. The molecule has 19 heavy (non-hydrogen) atoms. The summed E-state index contributed by atoms with van der Waals surface area (Å²) in [5.41, 5.74) is 4.77. The molecule has 0 saturated carbocycles. The molecule has 0 bridgehead atoms. The van der Waals surface area contributed by atoms with E-state index >= 15 is 0 Å². The first-order valence-electron chi connectivity index (χ1n) is 5.60. The van der Waals surface area contributed by atoms with Crippen LogP contribution in [-0.4, -0.2) is 10.9 Å². The summed E-state index contributed by atoms with van der Waals surface area (Å²) in [5, 5.41) is 3.25. The highest BCUT2D eigenvalue weighted by atomic mass is 35.5. The van der Waals surface area contributed by atoms with Crippen molar-refractivity contribution in [3.63, 3.8) is 0 Å². The summed E-state index contributed by atoms with van der Waals surface area (Å²) in [5.74, 6) is 5.04. The molecule has 4 N–H and O–H groups in total. The predicted octanol–water partition coefficient (Wildman–Crippen LogP) is 2.58. The standard InChI is InChI=1S/C13H13ClN4O/c1-8-3-2-4-10(14)12(8)17-13(19)9-7-16-6-5-11(9)18-15/h2-7H,15H2,1H3,(H,16,18)(H,17,19). The topological polar surface area (TPSA) is 80.0 Å². The molecule has 1 heterocycles. The molecule has 1 aromatic heterocycles. The van der Waals surface area contributed by atoms with E-state index in [1.165, 1.54) is 6.20 Å². The van der Waals surface area contributed by atoms with Gasteiger partial charge in [-0.3, -0.25) is 15.6 Å². The van der Waals surface area contributed by atoms with Crippen molar-refractivity contribution in [2.45, 2.75) is 6.92 Å². The smallest absolute Gasteiger partial charge is 0.259 e. The number of rotatable bonds is 3. The molecule has 2 rings (SSSR count). The van der Waals surface area contributed by atoms with E-state index in [0.29, 0.717) is 22.0 Å². The predicted molar refractivity (Wildman–Crippen MR) is 76.2 cm³/mol. The highest BCUT2D eigenvalue weighted by Crippen LogP contribution is 2.26. The molecule has 0 spiro atoms. The molecule has 0 fully saturated rings. The van der Waals surface area contributed by atoms with Crippen LogP contribution in [0.4, 0.5) is 11.4 Å². The van der Waals surface area contributed by atoms with Gasteiger partial charge in [-0.2, -0.15) is 0 Å². The van der Waals surface area contributed by atoms with Crippen molar-refractivity contribution < 1.29 is 4.79 Å². The Bertz CT molecular complexity index is 595. The minimum absolute atomic E-state index is 0.322. The van der Waals surface area contributed by atoms with Gasteiger partial charge in [0.2, 0.25) is 0 Å². The SMILES string of the molecule is Cc1cccc(Cl)c1NC(=O)c1cnccc1NN. The Morgan fingerprint density at radius 2 is 2.16 bits per heavy atom. The van der Waals surface area contributed by atoms with E-state index in [0.717, 1.165) is 5.56 Å². The number of hydrogen-bond donors (Lipinski definition) is 3. The van der Waals surface area contributed by atoms with Gasteiger partial charge in [0.05, 0.1) is 22.0 Å². The van der Waals surface area contributed by atoms with E-state index in [4.69, 9.17) is 17.4 Å². The van der Waals surface area contributed by atoms with Crippen LogP contribution in [-0.2, 0) is 0 Å². The molecule has 98 valence electrons. The monoisotopic (exact) mass is 276 g/mol. The lowest BCUT2D eigenvalue weighted by Crippen LogP contribution is -2.18. The van der Waals surface area contributed by atoms with E-state index in [1.807, 2.05) is 19.1 Å². The van der Waals surface area contributed by atoms with Crippen molar-refractivity contribution >= 4 is 28.9 Å². The lowest BCUT2D eigenvalue weighted by molar-refractivity contribution is 0.102. The summed E-state index contributed by atoms with van der Waals surface area (Å²) >= 11 is 6.06. The lowest BCUT2D eigenvalue weighted by atomic mass is 10.1. The fourth-order valence-electron chi connectivity index (χ4n) is 1.67. The van der Waals surface area contributed by atoms with Crippen LogP contribution in [0.15, 0.2) is 36.7 Å². The number of hydrazine groups is 1. The first-order chi connectivity index (χ1) is 9.13. The Morgan fingerprint density at radius 3 is 2.84 bits per heavy atom. The van der Waals surface area contributed by atoms with Gasteiger partial charge in [0, 0.05) is 12.4 Å². The first kappa shape index (κ1) is 13.3. The number of nitrogen functional groups attached to an aromatic ring is 1. The second-order valence-electron chi connectivity index (χ2n) is 3.95. The van der Waals surface area contributed by atoms with Gasteiger partial charge in [0.15, 0.2) is 0 Å². The maximum absolute atomic E-state index is 12.2. The van der Waals surface area contributed by atoms with Gasteiger partial charge < -0.3 is 10.7 Å². The number of nitrogens with zero attached hydrogens (tertiary/aromatic N) is 1. The average molecular weight is 277 g/mol. The van der Waals surface area contributed by atoms with Crippen molar-refractivity contribution in [2.24, 2.45) is 5.84 Å². The van der Waals surface area contributed by atoms with Crippen LogP contribution in [0.1, 0.15) is 15.9 Å². The Balaban J connectivity index is 2.31. The second kappa shape index (κ2) is 5.69. The maximum Gasteiger partial charge on any atom is 0.259 e. The van der Waals surface area contributed by atoms with Gasteiger partial charge in [-0.25, -0.2) is 0 Å². The lowest BCUT2D eigenvalue weighted by Gasteiger charge is -2.12. The van der Waals surface area contributed by atoms with Crippen LogP contribution in [0.25, 0.3) is 0 Å². The Labute approximate surface area is 115 Å². The van der Waals surface area contributed by atoms with E-state index in [1.54, 1.807) is 18.3 Å². The fourth-order valence-corrected chi connectivity index (χ4v) is 1.94. The highest BCUT2D eigenvalue weighted by molar-refractivity contribution is 6.34. The molecule has 6 heteroatoms. The number of carbonyl (C=O) groups is 1. The van der Waals surface area contributed by atoms with Crippen molar-refractivity contribution in [1.82, 2.24) is 4.98 Å². The molecule has 1 amide bonds. The Kier molecular flexibility index (Phi) is 3.99. The van der Waals surface area contributed by atoms with Crippen LogP contribution in [0.2, 0.25) is 5.02 Å². The van der Waals surface area contributed by atoms with Gasteiger partial charge in [-0.1, -0.05) is 23.7 Å². The van der Waals surface area contributed by atoms with Crippen LogP contribution in [0, 0.1) is 6.92 Å². The van der Waals surface area contributed by atoms with Crippen LogP contribution in [0.5, 0.6) is 0 Å². The van der Waals surface area contributed by atoms with Crippen molar-refractivity contribution in [1.29, 1.82) is 0 Å². The number of nitrogens with two attached hydrogens (primary N) is 1. The minimum atomic E-state index is -0.322. The molecule has 0 unspecified atom stereocenters. The molecule has 0 saturated heterocycles. The number of anilines is 2. The second-order valence-corrected chi connectivity index (χ2v) is 4.36. The van der Waals surface area contributed by atoms with E-state index in [2.05, 4.69) is 15.7 Å². The normalized spacial score (nSPS) is 10.1. The number of halogens is 1. The number of aromatic nitrogens is 1. The average Bonchev–Trinajstić information content (AvgIpc) is 2.42. The van der Waals surface area contributed by atoms with Gasteiger partial charge >= 0.3 is 0 Å². The maximum atomic E-state index is 12.2. The molecule has 0 atom stereocenters. The third-order valence-corrected chi connectivity index (χ3v) is 3.00. The van der Waals surface area contributed by atoms with Crippen molar-refractivity contribution in [3.8, 4) is 0 Å². The molecule has 0 aliphatic heterocycles. The molecule has 1 aromatic carbocycles. The zero-order valence-corrected chi connectivity index (χ0v) is 11.0. The number of hydrogen-bond acceptors (Lipinski definition) is 4. The van der Waals surface area contributed by atoms with Gasteiger partial charge in [-0.15, -0.1) is 0 Å².